The Labute approximate surface area is 122 Å². The lowest BCUT2D eigenvalue weighted by atomic mass is 9.93. The highest BCUT2D eigenvalue weighted by molar-refractivity contribution is 7.89. The fourth-order valence-corrected chi connectivity index (χ4v) is 3.68. The number of sulfonamides is 1. The van der Waals surface area contributed by atoms with Crippen molar-refractivity contribution in [2.45, 2.75) is 23.3 Å². The first-order valence-corrected chi connectivity index (χ1v) is 7.97. The summed E-state index contributed by atoms with van der Waals surface area (Å²) in [5, 5.41) is 9.51. The molecule has 0 unspecified atom stereocenters. The fourth-order valence-electron chi connectivity index (χ4n) is 2.21. The summed E-state index contributed by atoms with van der Waals surface area (Å²) in [5.41, 5.74) is -0.965. The summed E-state index contributed by atoms with van der Waals surface area (Å²) in [6.07, 6.45) is 0.725. The molecule has 1 aromatic rings. The van der Waals surface area contributed by atoms with Crippen molar-refractivity contribution < 1.29 is 27.4 Å². The Hall–Kier alpha value is -1.22. The average Bonchev–Trinajstić information content (AvgIpc) is 2.47. The number of benzene rings is 1. The number of hydrogen-bond donors (Lipinski definition) is 2. The molecule has 0 radical (unpaired) electrons. The number of aliphatic hydroxyl groups is 1. The van der Waals surface area contributed by atoms with Crippen LogP contribution in [0.15, 0.2) is 23.1 Å². The van der Waals surface area contributed by atoms with Gasteiger partial charge in [0.2, 0.25) is 10.0 Å². The van der Waals surface area contributed by atoms with E-state index in [0.717, 1.165) is 6.07 Å². The van der Waals surface area contributed by atoms with Crippen LogP contribution in [0.4, 0.5) is 4.39 Å². The van der Waals surface area contributed by atoms with Crippen LogP contribution in [0.25, 0.3) is 0 Å². The van der Waals surface area contributed by atoms with Crippen molar-refractivity contribution in [3.63, 3.8) is 0 Å². The van der Waals surface area contributed by atoms with Gasteiger partial charge in [-0.1, -0.05) is 0 Å². The third kappa shape index (κ3) is 3.52. The van der Waals surface area contributed by atoms with Gasteiger partial charge in [0.25, 0.3) is 0 Å². The number of rotatable bonds is 5. The van der Waals surface area contributed by atoms with E-state index in [4.69, 9.17) is 9.47 Å². The molecule has 0 bridgehead atoms. The monoisotopic (exact) mass is 319 g/mol. The Morgan fingerprint density at radius 2 is 2.10 bits per heavy atom. The number of aliphatic hydroxyl groups excluding tert-OH is 1. The predicted octanol–water partition coefficient (Wildman–Crippen LogP) is 0.654. The molecular weight excluding hydrogens is 301 g/mol. The molecule has 0 spiro atoms. The predicted molar refractivity (Wildman–Crippen MR) is 73.1 cm³/mol. The lowest BCUT2D eigenvalue weighted by molar-refractivity contribution is 0.0223. The van der Waals surface area contributed by atoms with Gasteiger partial charge in [-0.15, -0.1) is 0 Å². The second-order valence-corrected chi connectivity index (χ2v) is 6.64. The number of hydrogen-bond acceptors (Lipinski definition) is 5. The zero-order valence-corrected chi connectivity index (χ0v) is 12.5. The zero-order valence-electron chi connectivity index (χ0n) is 11.6. The first-order chi connectivity index (χ1) is 9.92. The van der Waals surface area contributed by atoms with Crippen molar-refractivity contribution in [1.82, 2.24) is 4.72 Å². The second-order valence-electron chi connectivity index (χ2n) is 4.95. The summed E-state index contributed by atoms with van der Waals surface area (Å²) in [6, 6.07) is 3.40. The zero-order chi connectivity index (χ0) is 15.5. The maximum absolute atomic E-state index is 13.7. The van der Waals surface area contributed by atoms with Crippen molar-refractivity contribution >= 4 is 10.0 Å². The highest BCUT2D eigenvalue weighted by atomic mass is 32.2. The fraction of sp³-hybridized carbons (Fsp3) is 0.538. The van der Waals surface area contributed by atoms with Crippen LogP contribution in [0.1, 0.15) is 12.8 Å². The van der Waals surface area contributed by atoms with Gasteiger partial charge < -0.3 is 14.6 Å². The van der Waals surface area contributed by atoms with E-state index in [2.05, 4.69) is 4.72 Å². The van der Waals surface area contributed by atoms with E-state index >= 15 is 0 Å². The number of halogens is 1. The lowest BCUT2D eigenvalue weighted by Crippen LogP contribution is -2.54. The Balaban J connectivity index is 2.27. The molecule has 1 aliphatic rings. The molecule has 1 aromatic carbocycles. The van der Waals surface area contributed by atoms with Gasteiger partial charge in [-0.2, -0.15) is 0 Å². The largest absolute Gasteiger partial charge is 0.494 e. The lowest BCUT2D eigenvalue weighted by Gasteiger charge is -2.35. The highest BCUT2D eigenvalue weighted by Crippen LogP contribution is 2.25. The van der Waals surface area contributed by atoms with E-state index in [1.807, 2.05) is 0 Å². The van der Waals surface area contributed by atoms with Crippen LogP contribution in [0.5, 0.6) is 5.75 Å². The third-order valence-corrected chi connectivity index (χ3v) is 5.11. The van der Waals surface area contributed by atoms with Crippen LogP contribution in [-0.4, -0.2) is 46.0 Å². The number of nitrogens with one attached hydrogen (secondary N) is 1. The molecular formula is C13H18FNO5S. The molecule has 1 heterocycles. The summed E-state index contributed by atoms with van der Waals surface area (Å²) in [5.74, 6) is -0.790. The van der Waals surface area contributed by atoms with E-state index in [1.165, 1.54) is 19.2 Å². The first-order valence-electron chi connectivity index (χ1n) is 6.49. The molecule has 0 aliphatic carbocycles. The molecule has 6 nitrogen and oxygen atoms in total. The SMILES string of the molecule is COc1ccc(S(=O)(=O)NC2(CO)CCOCC2)cc1F. The van der Waals surface area contributed by atoms with Gasteiger partial charge in [-0.05, 0) is 31.0 Å². The van der Waals surface area contributed by atoms with Crippen molar-refractivity contribution in [3.8, 4) is 5.75 Å². The van der Waals surface area contributed by atoms with Crippen LogP contribution >= 0.6 is 0 Å². The quantitative estimate of drug-likeness (QED) is 0.832. The molecule has 1 aliphatic heterocycles. The molecule has 2 rings (SSSR count). The molecule has 21 heavy (non-hydrogen) atoms. The second kappa shape index (κ2) is 6.27. The summed E-state index contributed by atoms with van der Waals surface area (Å²) in [6.45, 7) is 0.383. The average molecular weight is 319 g/mol. The maximum atomic E-state index is 13.7. The van der Waals surface area contributed by atoms with Crippen molar-refractivity contribution in [3.05, 3.63) is 24.0 Å². The van der Waals surface area contributed by atoms with Crippen molar-refractivity contribution in [2.75, 3.05) is 26.9 Å². The number of ether oxygens (including phenoxy) is 2. The van der Waals surface area contributed by atoms with Crippen LogP contribution in [0.3, 0.4) is 0 Å². The first kappa shape index (κ1) is 16.2. The minimum Gasteiger partial charge on any atom is -0.494 e. The van der Waals surface area contributed by atoms with E-state index in [0.29, 0.717) is 26.1 Å². The van der Waals surface area contributed by atoms with E-state index < -0.39 is 21.4 Å². The van der Waals surface area contributed by atoms with Gasteiger partial charge in [-0.3, -0.25) is 0 Å². The molecule has 2 N–H and O–H groups in total. The molecule has 0 aromatic heterocycles. The standard InChI is InChI=1S/C13H18FNO5S/c1-19-12-3-2-10(8-11(12)14)21(17,18)15-13(9-16)4-6-20-7-5-13/h2-3,8,15-16H,4-7,9H2,1H3. The molecule has 1 saturated heterocycles. The summed E-state index contributed by atoms with van der Waals surface area (Å²) in [7, 11) is -2.64. The Morgan fingerprint density at radius 3 is 2.62 bits per heavy atom. The Kier molecular flexibility index (Phi) is 4.82. The van der Waals surface area contributed by atoms with Gasteiger partial charge in [0.1, 0.15) is 0 Å². The smallest absolute Gasteiger partial charge is 0.241 e. The Morgan fingerprint density at radius 1 is 1.43 bits per heavy atom. The van der Waals surface area contributed by atoms with E-state index in [1.54, 1.807) is 0 Å². The minimum absolute atomic E-state index is 0.0307. The van der Waals surface area contributed by atoms with Crippen LogP contribution in [-0.2, 0) is 14.8 Å². The van der Waals surface area contributed by atoms with Crippen LogP contribution in [0, 0.1) is 5.82 Å². The summed E-state index contributed by atoms with van der Waals surface area (Å²) >= 11 is 0. The van der Waals surface area contributed by atoms with Gasteiger partial charge >= 0.3 is 0 Å². The molecule has 118 valence electrons. The number of methoxy groups -OCH3 is 1. The summed E-state index contributed by atoms with van der Waals surface area (Å²) in [4.78, 5) is -0.208. The normalized spacial score (nSPS) is 18.4. The third-order valence-electron chi connectivity index (χ3n) is 3.54. The van der Waals surface area contributed by atoms with Crippen molar-refractivity contribution in [2.24, 2.45) is 0 Å². The van der Waals surface area contributed by atoms with Crippen molar-refractivity contribution in [1.29, 1.82) is 0 Å². The van der Waals surface area contributed by atoms with Crippen LogP contribution < -0.4 is 9.46 Å². The Bertz CT molecular complexity index is 599. The molecule has 0 atom stereocenters. The maximum Gasteiger partial charge on any atom is 0.241 e. The van der Waals surface area contributed by atoms with Crippen LogP contribution in [0.2, 0.25) is 0 Å². The van der Waals surface area contributed by atoms with Gasteiger partial charge in [0.05, 0.1) is 24.2 Å². The van der Waals surface area contributed by atoms with Gasteiger partial charge in [0.15, 0.2) is 11.6 Å². The van der Waals surface area contributed by atoms with Gasteiger partial charge in [0, 0.05) is 13.2 Å². The highest BCUT2D eigenvalue weighted by Gasteiger charge is 2.36. The molecule has 1 fully saturated rings. The topological polar surface area (TPSA) is 84.9 Å². The molecule has 0 saturated carbocycles. The summed E-state index contributed by atoms with van der Waals surface area (Å²) < 4.78 is 50.7. The molecule has 0 amide bonds. The van der Waals surface area contributed by atoms with E-state index in [9.17, 15) is 17.9 Å². The van der Waals surface area contributed by atoms with Gasteiger partial charge in [-0.25, -0.2) is 17.5 Å². The minimum atomic E-state index is -3.94. The van der Waals surface area contributed by atoms with E-state index in [-0.39, 0.29) is 17.3 Å². The molecule has 8 heteroatoms.